The third kappa shape index (κ3) is 6.89. The van der Waals surface area contributed by atoms with Crippen molar-refractivity contribution in [3.63, 3.8) is 0 Å². The van der Waals surface area contributed by atoms with Crippen molar-refractivity contribution in [2.45, 2.75) is 26.7 Å². The van der Waals surface area contributed by atoms with Crippen LogP contribution in [0.5, 0.6) is 5.75 Å². The molecule has 9 heteroatoms. The Bertz CT molecular complexity index is 1120. The maximum absolute atomic E-state index is 12.7. The highest BCUT2D eigenvalue weighted by Crippen LogP contribution is 2.20. The summed E-state index contributed by atoms with van der Waals surface area (Å²) < 4.78 is 10.8. The molecule has 0 spiro atoms. The van der Waals surface area contributed by atoms with Gasteiger partial charge in [-0.15, -0.1) is 0 Å². The van der Waals surface area contributed by atoms with Gasteiger partial charge >= 0.3 is 0 Å². The summed E-state index contributed by atoms with van der Waals surface area (Å²) in [5.41, 5.74) is 2.77. The van der Waals surface area contributed by atoms with Gasteiger partial charge in [-0.1, -0.05) is 22.9 Å². The van der Waals surface area contributed by atoms with E-state index in [-0.39, 0.29) is 11.8 Å². The molecule has 1 saturated heterocycles. The molecule has 1 aromatic heterocycles. The number of hydrogen-bond donors (Lipinski definition) is 1. The number of aromatic nitrogens is 2. The van der Waals surface area contributed by atoms with E-state index in [0.29, 0.717) is 63.9 Å². The second kappa shape index (κ2) is 11.6. The Balaban J connectivity index is 1.19. The molecule has 1 aliphatic heterocycles. The van der Waals surface area contributed by atoms with Crippen molar-refractivity contribution >= 4 is 17.5 Å². The first-order valence-corrected chi connectivity index (χ1v) is 11.9. The average Bonchev–Trinajstić information content (AvgIpc) is 3.34. The zero-order valence-electron chi connectivity index (χ0n) is 20.2. The van der Waals surface area contributed by atoms with Crippen LogP contribution < -0.4 is 10.1 Å². The Morgan fingerprint density at radius 2 is 1.74 bits per heavy atom. The number of hydrogen-bond acceptors (Lipinski definition) is 7. The fraction of sp³-hybridized carbons (Fsp3) is 0.385. The van der Waals surface area contributed by atoms with Gasteiger partial charge in [0.2, 0.25) is 23.5 Å². The monoisotopic (exact) mass is 477 g/mol. The molecule has 35 heavy (non-hydrogen) atoms. The highest BCUT2D eigenvalue weighted by atomic mass is 16.5. The van der Waals surface area contributed by atoms with Gasteiger partial charge in [0.25, 0.3) is 0 Å². The van der Waals surface area contributed by atoms with Crippen molar-refractivity contribution in [3.05, 3.63) is 60.0 Å². The number of nitrogens with one attached hydrogen (secondary N) is 1. The maximum Gasteiger partial charge on any atom is 0.238 e. The summed E-state index contributed by atoms with van der Waals surface area (Å²) in [5, 5.41) is 6.95. The van der Waals surface area contributed by atoms with Gasteiger partial charge in [-0.3, -0.25) is 14.5 Å². The normalized spacial score (nSPS) is 14.1. The van der Waals surface area contributed by atoms with Gasteiger partial charge in [-0.25, -0.2) is 0 Å². The van der Waals surface area contributed by atoms with E-state index in [1.165, 1.54) is 0 Å². The summed E-state index contributed by atoms with van der Waals surface area (Å²) in [4.78, 5) is 33.3. The molecule has 1 fully saturated rings. The lowest BCUT2D eigenvalue weighted by Crippen LogP contribution is -2.50. The molecule has 1 aliphatic rings. The van der Waals surface area contributed by atoms with E-state index in [1.54, 1.807) is 0 Å². The zero-order chi connectivity index (χ0) is 24.6. The van der Waals surface area contributed by atoms with E-state index < -0.39 is 0 Å². The Labute approximate surface area is 205 Å². The van der Waals surface area contributed by atoms with Crippen LogP contribution in [0.3, 0.4) is 0 Å². The van der Waals surface area contributed by atoms with Gasteiger partial charge in [0.05, 0.1) is 13.2 Å². The Morgan fingerprint density at radius 1 is 1.03 bits per heavy atom. The number of piperazine rings is 1. The van der Waals surface area contributed by atoms with Gasteiger partial charge in [0.1, 0.15) is 5.75 Å². The number of carbonyl (C=O) groups excluding carboxylic acids is 2. The van der Waals surface area contributed by atoms with E-state index in [2.05, 4.69) is 20.4 Å². The van der Waals surface area contributed by atoms with Crippen LogP contribution in [0, 0.1) is 6.92 Å². The van der Waals surface area contributed by atoms with E-state index in [0.717, 1.165) is 22.6 Å². The van der Waals surface area contributed by atoms with Crippen molar-refractivity contribution in [1.29, 1.82) is 0 Å². The predicted molar refractivity (Wildman–Crippen MR) is 132 cm³/mol. The molecule has 2 amide bonds. The first kappa shape index (κ1) is 24.4. The average molecular weight is 478 g/mol. The first-order valence-electron chi connectivity index (χ1n) is 11.9. The van der Waals surface area contributed by atoms with Crippen LogP contribution in [-0.2, 0) is 16.0 Å². The van der Waals surface area contributed by atoms with Gasteiger partial charge in [0.15, 0.2) is 0 Å². The van der Waals surface area contributed by atoms with Crippen LogP contribution in [0.1, 0.15) is 24.8 Å². The highest BCUT2D eigenvalue weighted by Gasteiger charge is 2.23. The summed E-state index contributed by atoms with van der Waals surface area (Å²) in [6.45, 7) is 7.38. The molecular formula is C26H31N5O4. The second-order valence-corrected chi connectivity index (χ2v) is 8.54. The quantitative estimate of drug-likeness (QED) is 0.505. The zero-order valence-corrected chi connectivity index (χ0v) is 20.2. The second-order valence-electron chi connectivity index (χ2n) is 8.54. The van der Waals surface area contributed by atoms with Crippen LogP contribution in [-0.4, -0.2) is 71.1 Å². The van der Waals surface area contributed by atoms with Crippen LogP contribution in [0.2, 0.25) is 0 Å². The standard InChI is InChI=1S/C26H31N5O4/c1-3-34-22-10-6-20(7-11-22)26-28-24(35-29-26)12-13-25(33)31-16-14-30(15-17-31)18-23(32)27-21-8-4-19(2)5-9-21/h4-11H,3,12-18H2,1-2H3,(H,27,32). The van der Waals surface area contributed by atoms with Crippen molar-refractivity contribution in [1.82, 2.24) is 19.9 Å². The first-order chi connectivity index (χ1) is 17.0. The largest absolute Gasteiger partial charge is 0.494 e. The summed E-state index contributed by atoms with van der Waals surface area (Å²) in [5.74, 6) is 1.72. The molecule has 1 N–H and O–H groups in total. The maximum atomic E-state index is 12.7. The minimum atomic E-state index is -0.0478. The predicted octanol–water partition coefficient (Wildman–Crippen LogP) is 3.16. The Morgan fingerprint density at radius 3 is 2.43 bits per heavy atom. The molecular weight excluding hydrogens is 446 g/mol. The molecule has 2 heterocycles. The number of nitrogens with zero attached hydrogens (tertiary/aromatic N) is 4. The van der Waals surface area contributed by atoms with Crippen molar-refractivity contribution < 1.29 is 18.8 Å². The van der Waals surface area contributed by atoms with Crippen molar-refractivity contribution in [2.75, 3.05) is 44.6 Å². The number of benzene rings is 2. The molecule has 184 valence electrons. The van der Waals surface area contributed by atoms with Gasteiger partial charge in [-0.2, -0.15) is 4.98 Å². The number of amides is 2. The molecule has 0 saturated carbocycles. The van der Waals surface area contributed by atoms with E-state index in [1.807, 2.05) is 67.3 Å². The Kier molecular flexibility index (Phi) is 8.10. The molecule has 0 unspecified atom stereocenters. The lowest BCUT2D eigenvalue weighted by Gasteiger charge is -2.34. The summed E-state index contributed by atoms with van der Waals surface area (Å²) in [6.07, 6.45) is 0.695. The number of carbonyl (C=O) groups is 2. The molecule has 0 atom stereocenters. The van der Waals surface area contributed by atoms with Crippen molar-refractivity contribution in [3.8, 4) is 17.1 Å². The smallest absolute Gasteiger partial charge is 0.238 e. The van der Waals surface area contributed by atoms with Gasteiger partial charge in [-0.05, 0) is 50.2 Å². The molecule has 2 aromatic carbocycles. The minimum absolute atomic E-state index is 0.0478. The fourth-order valence-corrected chi connectivity index (χ4v) is 3.91. The third-order valence-electron chi connectivity index (χ3n) is 5.87. The minimum Gasteiger partial charge on any atom is -0.494 e. The van der Waals surface area contributed by atoms with E-state index in [4.69, 9.17) is 9.26 Å². The van der Waals surface area contributed by atoms with Gasteiger partial charge < -0.3 is 19.5 Å². The van der Waals surface area contributed by atoms with Crippen LogP contribution in [0.15, 0.2) is 53.1 Å². The highest BCUT2D eigenvalue weighted by molar-refractivity contribution is 5.92. The molecule has 9 nitrogen and oxygen atoms in total. The number of anilines is 1. The molecule has 4 rings (SSSR count). The van der Waals surface area contributed by atoms with Crippen LogP contribution in [0.25, 0.3) is 11.4 Å². The van der Waals surface area contributed by atoms with Crippen molar-refractivity contribution in [2.24, 2.45) is 0 Å². The lowest BCUT2D eigenvalue weighted by molar-refractivity contribution is -0.133. The SMILES string of the molecule is CCOc1ccc(-c2noc(CCC(=O)N3CCN(CC(=O)Nc4ccc(C)cc4)CC3)n2)cc1. The Hall–Kier alpha value is -3.72. The number of ether oxygens (including phenoxy) is 1. The number of aryl methyl sites for hydroxylation is 2. The molecule has 0 bridgehead atoms. The van der Waals surface area contributed by atoms with E-state index >= 15 is 0 Å². The fourth-order valence-electron chi connectivity index (χ4n) is 3.91. The van der Waals surface area contributed by atoms with Crippen LogP contribution in [0.4, 0.5) is 5.69 Å². The lowest BCUT2D eigenvalue weighted by atomic mass is 10.2. The van der Waals surface area contributed by atoms with Gasteiger partial charge in [0, 0.05) is 50.3 Å². The molecule has 0 aliphatic carbocycles. The summed E-state index contributed by atoms with van der Waals surface area (Å²) in [7, 11) is 0. The van der Waals surface area contributed by atoms with E-state index in [9.17, 15) is 9.59 Å². The summed E-state index contributed by atoms with van der Waals surface area (Å²) in [6, 6.07) is 15.2. The topological polar surface area (TPSA) is 101 Å². The number of rotatable bonds is 9. The summed E-state index contributed by atoms with van der Waals surface area (Å²) >= 11 is 0. The van der Waals surface area contributed by atoms with Crippen LogP contribution >= 0.6 is 0 Å². The molecule has 0 radical (unpaired) electrons. The third-order valence-corrected chi connectivity index (χ3v) is 5.87. The molecule has 3 aromatic rings.